The van der Waals surface area contributed by atoms with Crippen molar-refractivity contribution in [2.75, 3.05) is 13.2 Å². The number of amides is 2. The largest absolute Gasteiger partial charge is 0.486 e. The molecule has 2 aromatic carbocycles. The Labute approximate surface area is 150 Å². The Bertz CT molecular complexity index is 777. The van der Waals surface area contributed by atoms with Gasteiger partial charge < -0.3 is 9.47 Å². The summed E-state index contributed by atoms with van der Waals surface area (Å²) in [5, 5.41) is 0.608. The van der Waals surface area contributed by atoms with Crippen LogP contribution in [0.5, 0.6) is 11.5 Å². The minimum absolute atomic E-state index is 0.123. The molecule has 7 heteroatoms. The Morgan fingerprint density at radius 1 is 0.840 bits per heavy atom. The number of hydrogen-bond acceptors (Lipinski definition) is 4. The van der Waals surface area contributed by atoms with Crippen LogP contribution >= 0.6 is 11.6 Å². The zero-order chi connectivity index (χ0) is 17.6. The van der Waals surface area contributed by atoms with Gasteiger partial charge in [-0.3, -0.25) is 20.4 Å². The third kappa shape index (κ3) is 4.87. The summed E-state index contributed by atoms with van der Waals surface area (Å²) in [5.74, 6) is 0.675. The number of rotatable bonds is 4. The van der Waals surface area contributed by atoms with Crippen LogP contribution < -0.4 is 20.3 Å². The molecule has 2 aromatic rings. The first-order chi connectivity index (χ1) is 12.1. The van der Waals surface area contributed by atoms with Crippen molar-refractivity contribution in [2.45, 2.75) is 12.8 Å². The van der Waals surface area contributed by atoms with Crippen LogP contribution in [0.2, 0.25) is 5.02 Å². The van der Waals surface area contributed by atoms with Gasteiger partial charge in [0.05, 0.1) is 12.8 Å². The second kappa shape index (κ2) is 7.90. The minimum atomic E-state index is -0.318. The number of carbonyl (C=O) groups is 2. The molecule has 0 saturated heterocycles. The molecule has 0 saturated carbocycles. The molecule has 2 amide bonds. The first-order valence-corrected chi connectivity index (χ1v) is 8.18. The van der Waals surface area contributed by atoms with E-state index < -0.39 is 0 Å². The molecule has 3 rings (SSSR count). The fraction of sp³-hybridized carbons (Fsp3) is 0.222. The molecule has 1 aliphatic rings. The first kappa shape index (κ1) is 17.1. The van der Waals surface area contributed by atoms with E-state index >= 15 is 0 Å². The van der Waals surface area contributed by atoms with Gasteiger partial charge in [0.1, 0.15) is 13.2 Å². The van der Waals surface area contributed by atoms with Crippen molar-refractivity contribution >= 4 is 23.4 Å². The van der Waals surface area contributed by atoms with E-state index in [1.54, 1.807) is 42.5 Å². The zero-order valence-electron chi connectivity index (χ0n) is 13.4. The smallest absolute Gasteiger partial charge is 0.242 e. The normalized spacial score (nSPS) is 12.4. The summed E-state index contributed by atoms with van der Waals surface area (Å²) in [6.45, 7) is 1.01. The van der Waals surface area contributed by atoms with Gasteiger partial charge in [-0.15, -0.1) is 0 Å². The number of benzene rings is 2. The molecule has 130 valence electrons. The molecule has 0 spiro atoms. The summed E-state index contributed by atoms with van der Waals surface area (Å²) in [7, 11) is 0. The highest BCUT2D eigenvalue weighted by Crippen LogP contribution is 2.30. The van der Waals surface area contributed by atoms with Crippen LogP contribution in [0.4, 0.5) is 0 Å². The first-order valence-electron chi connectivity index (χ1n) is 7.81. The minimum Gasteiger partial charge on any atom is -0.486 e. The summed E-state index contributed by atoms with van der Waals surface area (Å²) < 4.78 is 10.9. The molecule has 0 bridgehead atoms. The highest BCUT2D eigenvalue weighted by atomic mass is 35.5. The lowest BCUT2D eigenvalue weighted by Crippen LogP contribution is -2.43. The van der Waals surface area contributed by atoms with Gasteiger partial charge >= 0.3 is 0 Å². The van der Waals surface area contributed by atoms with Crippen LogP contribution in [0.15, 0.2) is 42.5 Å². The van der Waals surface area contributed by atoms with Crippen molar-refractivity contribution in [1.29, 1.82) is 0 Å². The maximum Gasteiger partial charge on any atom is 0.242 e. The number of ether oxygens (including phenoxy) is 2. The maximum absolute atomic E-state index is 12.0. The predicted molar refractivity (Wildman–Crippen MR) is 92.6 cm³/mol. The van der Waals surface area contributed by atoms with Gasteiger partial charge in [-0.05, 0) is 35.4 Å². The fourth-order valence-electron chi connectivity index (χ4n) is 2.40. The lowest BCUT2D eigenvalue weighted by Gasteiger charge is -2.18. The SMILES string of the molecule is O=C(Cc1ccc(Cl)cc1)NNC(=O)Cc1ccc2c(c1)OCCO2. The number of carbonyl (C=O) groups excluding carboxylic acids is 2. The van der Waals surface area contributed by atoms with Crippen LogP contribution in [-0.2, 0) is 22.4 Å². The maximum atomic E-state index is 12.0. The van der Waals surface area contributed by atoms with Gasteiger partial charge in [-0.1, -0.05) is 29.8 Å². The Kier molecular flexibility index (Phi) is 5.40. The Morgan fingerprint density at radius 3 is 2.08 bits per heavy atom. The number of halogens is 1. The fourth-order valence-corrected chi connectivity index (χ4v) is 2.52. The molecule has 1 heterocycles. The standard InChI is InChI=1S/C18H17ClN2O4/c19-14-4-1-12(2-5-14)10-17(22)20-21-18(23)11-13-3-6-15-16(9-13)25-8-7-24-15/h1-6,9H,7-8,10-11H2,(H,20,22)(H,21,23). The van der Waals surface area contributed by atoms with E-state index in [0.717, 1.165) is 11.1 Å². The van der Waals surface area contributed by atoms with Crippen molar-refractivity contribution in [1.82, 2.24) is 10.9 Å². The quantitative estimate of drug-likeness (QED) is 0.818. The molecule has 0 fully saturated rings. The predicted octanol–water partition coefficient (Wildman–Crippen LogP) is 2.04. The molecule has 0 aromatic heterocycles. The average Bonchev–Trinajstić information content (AvgIpc) is 2.62. The van der Waals surface area contributed by atoms with Gasteiger partial charge in [0.25, 0.3) is 0 Å². The van der Waals surface area contributed by atoms with Crippen molar-refractivity contribution < 1.29 is 19.1 Å². The molecule has 0 unspecified atom stereocenters. The molecular formula is C18H17ClN2O4. The lowest BCUT2D eigenvalue weighted by molar-refractivity contribution is -0.128. The molecule has 25 heavy (non-hydrogen) atoms. The lowest BCUT2D eigenvalue weighted by atomic mass is 10.1. The van der Waals surface area contributed by atoms with Crippen molar-refractivity contribution in [3.8, 4) is 11.5 Å². The van der Waals surface area contributed by atoms with E-state index in [2.05, 4.69) is 10.9 Å². The summed E-state index contributed by atoms with van der Waals surface area (Å²) in [6, 6.07) is 12.3. The van der Waals surface area contributed by atoms with Crippen molar-refractivity contribution in [2.24, 2.45) is 0 Å². The third-order valence-corrected chi connectivity index (χ3v) is 3.84. The summed E-state index contributed by atoms with van der Waals surface area (Å²) >= 11 is 5.80. The third-order valence-electron chi connectivity index (χ3n) is 3.59. The van der Waals surface area contributed by atoms with Crippen LogP contribution in [0.1, 0.15) is 11.1 Å². The Morgan fingerprint density at radius 2 is 1.40 bits per heavy atom. The van der Waals surface area contributed by atoms with Gasteiger partial charge in [0.2, 0.25) is 11.8 Å². The number of hydrazine groups is 1. The van der Waals surface area contributed by atoms with E-state index in [1.807, 2.05) is 0 Å². The molecule has 1 aliphatic heterocycles. The molecule has 6 nitrogen and oxygen atoms in total. The molecule has 0 radical (unpaired) electrons. The summed E-state index contributed by atoms with van der Waals surface area (Å²) in [4.78, 5) is 23.8. The van der Waals surface area contributed by atoms with Crippen molar-refractivity contribution in [3.05, 3.63) is 58.6 Å². The van der Waals surface area contributed by atoms with Crippen LogP contribution in [0.25, 0.3) is 0 Å². The molecule has 0 atom stereocenters. The molecular weight excluding hydrogens is 344 g/mol. The van der Waals surface area contributed by atoms with Gasteiger partial charge in [0.15, 0.2) is 11.5 Å². The van der Waals surface area contributed by atoms with E-state index in [9.17, 15) is 9.59 Å². The topological polar surface area (TPSA) is 76.7 Å². The summed E-state index contributed by atoms with van der Waals surface area (Å²) in [6.07, 6.45) is 0.277. The second-order valence-electron chi connectivity index (χ2n) is 5.55. The second-order valence-corrected chi connectivity index (χ2v) is 5.99. The van der Waals surface area contributed by atoms with E-state index in [4.69, 9.17) is 21.1 Å². The highest BCUT2D eigenvalue weighted by molar-refractivity contribution is 6.30. The number of fused-ring (bicyclic) bond motifs is 1. The number of nitrogens with one attached hydrogen (secondary N) is 2. The summed E-state index contributed by atoms with van der Waals surface area (Å²) in [5.41, 5.74) is 6.39. The van der Waals surface area contributed by atoms with Gasteiger partial charge in [-0.25, -0.2) is 0 Å². The Balaban J connectivity index is 1.47. The zero-order valence-corrected chi connectivity index (χ0v) is 14.1. The highest BCUT2D eigenvalue weighted by Gasteiger charge is 2.13. The van der Waals surface area contributed by atoms with Gasteiger partial charge in [-0.2, -0.15) is 0 Å². The van der Waals surface area contributed by atoms with E-state index in [0.29, 0.717) is 29.7 Å². The van der Waals surface area contributed by atoms with E-state index in [-0.39, 0.29) is 24.7 Å². The number of hydrogen-bond donors (Lipinski definition) is 2. The monoisotopic (exact) mass is 360 g/mol. The average molecular weight is 361 g/mol. The van der Waals surface area contributed by atoms with Crippen LogP contribution in [-0.4, -0.2) is 25.0 Å². The van der Waals surface area contributed by atoms with Crippen LogP contribution in [0, 0.1) is 0 Å². The van der Waals surface area contributed by atoms with Crippen molar-refractivity contribution in [3.63, 3.8) is 0 Å². The Hall–Kier alpha value is -2.73. The van der Waals surface area contributed by atoms with Gasteiger partial charge in [0, 0.05) is 5.02 Å². The van der Waals surface area contributed by atoms with E-state index in [1.165, 1.54) is 0 Å². The molecule has 0 aliphatic carbocycles. The molecule has 2 N–H and O–H groups in total. The van der Waals surface area contributed by atoms with Crippen LogP contribution in [0.3, 0.4) is 0 Å².